The number of alkyl halides is 3. The molecule has 0 heterocycles. The van der Waals surface area contributed by atoms with E-state index in [1.165, 1.54) is 18.9 Å². The predicted octanol–water partition coefficient (Wildman–Crippen LogP) is 4.32. The van der Waals surface area contributed by atoms with Gasteiger partial charge in [0.1, 0.15) is 0 Å². The molecule has 0 aromatic heterocycles. The van der Waals surface area contributed by atoms with E-state index in [-0.39, 0.29) is 30.5 Å². The highest BCUT2D eigenvalue weighted by Gasteiger charge is 2.30. The second-order valence-electron chi connectivity index (χ2n) is 5.52. The highest BCUT2D eigenvalue weighted by Crippen LogP contribution is 2.29. The van der Waals surface area contributed by atoms with E-state index in [9.17, 15) is 13.2 Å². The van der Waals surface area contributed by atoms with Crippen LogP contribution in [-0.4, -0.2) is 18.5 Å². The molecule has 2 rings (SSSR count). The van der Waals surface area contributed by atoms with Gasteiger partial charge in [0.2, 0.25) is 0 Å². The number of hydrogen-bond donors (Lipinski definition) is 2. The van der Waals surface area contributed by atoms with Gasteiger partial charge in [-0.3, -0.25) is 0 Å². The maximum absolute atomic E-state index is 12.7. The van der Waals surface area contributed by atoms with Crippen molar-refractivity contribution in [1.82, 2.24) is 10.6 Å². The number of nitrogens with zero attached hydrogens (tertiary/aromatic N) is 1. The summed E-state index contributed by atoms with van der Waals surface area (Å²) < 4.78 is 38.1. The van der Waals surface area contributed by atoms with Crippen molar-refractivity contribution in [3.8, 4) is 0 Å². The van der Waals surface area contributed by atoms with Crippen LogP contribution in [0.5, 0.6) is 0 Å². The first-order valence-corrected chi connectivity index (χ1v) is 7.70. The minimum Gasteiger partial charge on any atom is -0.357 e. The largest absolute Gasteiger partial charge is 0.416 e. The molecule has 0 amide bonds. The lowest BCUT2D eigenvalue weighted by Crippen LogP contribution is -2.42. The molecule has 0 atom stereocenters. The van der Waals surface area contributed by atoms with Crippen LogP contribution in [0.4, 0.5) is 13.2 Å². The van der Waals surface area contributed by atoms with Crippen LogP contribution in [0.25, 0.3) is 0 Å². The van der Waals surface area contributed by atoms with E-state index in [0.717, 1.165) is 31.5 Å². The molecule has 3 nitrogen and oxygen atoms in total. The molecule has 1 aliphatic carbocycles. The van der Waals surface area contributed by atoms with Gasteiger partial charge in [-0.15, -0.1) is 24.0 Å². The van der Waals surface area contributed by atoms with E-state index >= 15 is 0 Å². The molecule has 0 radical (unpaired) electrons. The molecular formula is C16H23F3IN3. The number of nitrogens with one attached hydrogen (secondary N) is 2. The first kappa shape index (κ1) is 20.1. The van der Waals surface area contributed by atoms with Crippen LogP contribution in [-0.2, 0) is 12.7 Å². The average molecular weight is 441 g/mol. The summed E-state index contributed by atoms with van der Waals surface area (Å²) in [6.45, 7) is 2.92. The monoisotopic (exact) mass is 441 g/mol. The second-order valence-corrected chi connectivity index (χ2v) is 5.52. The summed E-state index contributed by atoms with van der Waals surface area (Å²) in [6, 6.07) is 5.74. The molecule has 0 aliphatic heterocycles. The SMILES string of the molecule is CCNC(=NCc1cccc(C(F)(F)F)c1)NC1CCCC1.I. The predicted molar refractivity (Wildman–Crippen MR) is 97.1 cm³/mol. The molecule has 0 bridgehead atoms. The van der Waals surface area contributed by atoms with Gasteiger partial charge in [0.25, 0.3) is 0 Å². The number of hydrogen-bond acceptors (Lipinski definition) is 1. The van der Waals surface area contributed by atoms with Gasteiger partial charge in [0.15, 0.2) is 5.96 Å². The zero-order valence-corrected chi connectivity index (χ0v) is 15.4. The number of halogens is 4. The van der Waals surface area contributed by atoms with Crippen LogP contribution < -0.4 is 10.6 Å². The molecule has 1 saturated carbocycles. The summed E-state index contributed by atoms with van der Waals surface area (Å²) >= 11 is 0. The minimum absolute atomic E-state index is 0. The molecule has 0 saturated heterocycles. The highest BCUT2D eigenvalue weighted by molar-refractivity contribution is 14.0. The Morgan fingerprint density at radius 1 is 1.26 bits per heavy atom. The Kier molecular flexibility index (Phi) is 8.15. The minimum atomic E-state index is -4.31. The number of aliphatic imine (C=N–C) groups is 1. The molecule has 2 N–H and O–H groups in total. The molecule has 1 fully saturated rings. The molecule has 1 aliphatic rings. The Labute approximate surface area is 152 Å². The smallest absolute Gasteiger partial charge is 0.357 e. The zero-order valence-electron chi connectivity index (χ0n) is 13.1. The van der Waals surface area contributed by atoms with Gasteiger partial charge in [0.05, 0.1) is 12.1 Å². The molecule has 7 heteroatoms. The van der Waals surface area contributed by atoms with E-state index in [4.69, 9.17) is 0 Å². The highest BCUT2D eigenvalue weighted by atomic mass is 127. The van der Waals surface area contributed by atoms with Crippen LogP contribution in [0.1, 0.15) is 43.7 Å². The Balaban J connectivity index is 0.00000264. The van der Waals surface area contributed by atoms with Crippen LogP contribution >= 0.6 is 24.0 Å². The lowest BCUT2D eigenvalue weighted by molar-refractivity contribution is -0.137. The lowest BCUT2D eigenvalue weighted by Gasteiger charge is -2.16. The fourth-order valence-electron chi connectivity index (χ4n) is 2.60. The zero-order chi connectivity index (χ0) is 16.0. The van der Waals surface area contributed by atoms with Crippen molar-refractivity contribution in [3.63, 3.8) is 0 Å². The van der Waals surface area contributed by atoms with Crippen LogP contribution in [0.2, 0.25) is 0 Å². The maximum Gasteiger partial charge on any atom is 0.416 e. The summed E-state index contributed by atoms with van der Waals surface area (Å²) in [5, 5.41) is 6.49. The molecule has 0 spiro atoms. The van der Waals surface area contributed by atoms with Crippen LogP contribution in [0.15, 0.2) is 29.3 Å². The van der Waals surface area contributed by atoms with Crippen molar-refractivity contribution in [2.45, 2.75) is 51.4 Å². The molecule has 0 unspecified atom stereocenters. The van der Waals surface area contributed by atoms with Gasteiger partial charge in [-0.1, -0.05) is 25.0 Å². The second kappa shape index (κ2) is 9.34. The Hall–Kier alpha value is -0.990. The molecule has 1 aromatic carbocycles. The van der Waals surface area contributed by atoms with E-state index < -0.39 is 11.7 Å². The van der Waals surface area contributed by atoms with Crippen molar-refractivity contribution in [2.75, 3.05) is 6.54 Å². The first-order chi connectivity index (χ1) is 10.5. The van der Waals surface area contributed by atoms with E-state index in [1.54, 1.807) is 6.07 Å². The third kappa shape index (κ3) is 6.56. The van der Waals surface area contributed by atoms with Crippen LogP contribution in [0.3, 0.4) is 0 Å². The van der Waals surface area contributed by atoms with Crippen LogP contribution in [0, 0.1) is 0 Å². The molecule has 130 valence electrons. The topological polar surface area (TPSA) is 36.4 Å². The summed E-state index contributed by atoms with van der Waals surface area (Å²) in [5.41, 5.74) is -0.0765. The summed E-state index contributed by atoms with van der Waals surface area (Å²) in [6.07, 6.45) is 0.351. The number of benzene rings is 1. The standard InChI is InChI=1S/C16H22F3N3.HI/c1-2-20-15(22-14-8-3-4-9-14)21-11-12-6-5-7-13(10-12)16(17,18)19;/h5-7,10,14H,2-4,8-9,11H2,1H3,(H2,20,21,22);1H. The maximum atomic E-state index is 12.7. The number of guanidine groups is 1. The Bertz CT molecular complexity index is 512. The first-order valence-electron chi connectivity index (χ1n) is 7.70. The van der Waals surface area contributed by atoms with Crippen molar-refractivity contribution < 1.29 is 13.2 Å². The van der Waals surface area contributed by atoms with Crippen molar-refractivity contribution in [1.29, 1.82) is 0 Å². The van der Waals surface area contributed by atoms with E-state index in [0.29, 0.717) is 17.6 Å². The third-order valence-corrected chi connectivity index (χ3v) is 3.71. The third-order valence-electron chi connectivity index (χ3n) is 3.71. The van der Waals surface area contributed by atoms with Gasteiger partial charge >= 0.3 is 6.18 Å². The average Bonchev–Trinajstić information content (AvgIpc) is 2.97. The molecular weight excluding hydrogens is 418 g/mol. The lowest BCUT2D eigenvalue weighted by atomic mass is 10.1. The van der Waals surface area contributed by atoms with Gasteiger partial charge in [-0.25, -0.2) is 4.99 Å². The Morgan fingerprint density at radius 2 is 1.96 bits per heavy atom. The quantitative estimate of drug-likeness (QED) is 0.415. The van der Waals surface area contributed by atoms with Crippen molar-refractivity contribution >= 4 is 29.9 Å². The fraction of sp³-hybridized carbons (Fsp3) is 0.562. The summed E-state index contributed by atoms with van der Waals surface area (Å²) in [4.78, 5) is 4.40. The summed E-state index contributed by atoms with van der Waals surface area (Å²) in [7, 11) is 0. The molecule has 1 aromatic rings. The Morgan fingerprint density at radius 3 is 2.57 bits per heavy atom. The van der Waals surface area contributed by atoms with E-state index in [2.05, 4.69) is 15.6 Å². The van der Waals surface area contributed by atoms with Gasteiger partial charge in [-0.2, -0.15) is 13.2 Å². The molecule has 23 heavy (non-hydrogen) atoms. The van der Waals surface area contributed by atoms with Gasteiger partial charge in [0, 0.05) is 12.6 Å². The van der Waals surface area contributed by atoms with Gasteiger partial charge in [-0.05, 0) is 37.5 Å². The number of rotatable bonds is 4. The normalized spacial score (nSPS) is 16.1. The fourth-order valence-corrected chi connectivity index (χ4v) is 2.60. The van der Waals surface area contributed by atoms with E-state index in [1.807, 2.05) is 6.92 Å². The summed E-state index contributed by atoms with van der Waals surface area (Å²) in [5.74, 6) is 0.673. The van der Waals surface area contributed by atoms with Crippen molar-refractivity contribution in [3.05, 3.63) is 35.4 Å². The van der Waals surface area contributed by atoms with Crippen molar-refractivity contribution in [2.24, 2.45) is 4.99 Å². The van der Waals surface area contributed by atoms with Gasteiger partial charge < -0.3 is 10.6 Å².